The Kier molecular flexibility index (Phi) is 7.74. The van der Waals surface area contributed by atoms with Crippen LogP contribution in [-0.2, 0) is 0 Å². The second-order valence-electron chi connectivity index (χ2n) is 12.5. The minimum absolute atomic E-state index is 0.617. The molecule has 0 amide bonds. The summed E-state index contributed by atoms with van der Waals surface area (Å²) in [5.41, 5.74) is 12.8. The molecule has 0 bridgehead atoms. The van der Waals surface area contributed by atoms with Crippen molar-refractivity contribution in [3.05, 3.63) is 187 Å². The van der Waals surface area contributed by atoms with Gasteiger partial charge >= 0.3 is 0 Å². The third-order valence-corrected chi connectivity index (χ3v) is 10.6. The monoisotopic (exact) mass is 667 g/mol. The Hall–Kier alpha value is -6.67. The molecule has 0 radical (unpaired) electrons. The molecule has 3 nitrogen and oxygen atoms in total. The van der Waals surface area contributed by atoms with Gasteiger partial charge in [0.25, 0.3) is 0 Å². The number of aromatic nitrogens is 2. The van der Waals surface area contributed by atoms with Crippen LogP contribution in [-0.4, -0.2) is 9.97 Å². The molecule has 0 aliphatic heterocycles. The van der Waals surface area contributed by atoms with Crippen molar-refractivity contribution in [1.82, 2.24) is 9.97 Å². The Bertz CT molecular complexity index is 2670. The maximum atomic E-state index is 7.50. The Morgan fingerprint density at radius 2 is 0.843 bits per heavy atom. The molecule has 0 N–H and O–H groups in total. The molecule has 0 unspecified atom stereocenters. The summed E-state index contributed by atoms with van der Waals surface area (Å²) in [6.07, 6.45) is 0. The summed E-state index contributed by atoms with van der Waals surface area (Å²) in [5, 5.41) is 2.47. The normalized spacial score (nSPS) is 11.1. The highest BCUT2D eigenvalue weighted by Gasteiger charge is 2.17. The van der Waals surface area contributed by atoms with Crippen LogP contribution in [0, 0.1) is 6.57 Å². The molecular formula is C47H29N3S. The first-order chi connectivity index (χ1) is 25.2. The zero-order chi connectivity index (χ0) is 34.1. The number of pyridine rings is 2. The fraction of sp³-hybridized carbons (Fsp3) is 0. The minimum Gasteiger partial charge on any atom is -0.248 e. The van der Waals surface area contributed by atoms with Crippen LogP contribution in [0.15, 0.2) is 176 Å². The number of hydrogen-bond acceptors (Lipinski definition) is 3. The Balaban J connectivity index is 1.29. The van der Waals surface area contributed by atoms with Gasteiger partial charge in [-0.1, -0.05) is 152 Å². The first-order valence-corrected chi connectivity index (χ1v) is 17.7. The van der Waals surface area contributed by atoms with Crippen molar-refractivity contribution in [1.29, 1.82) is 0 Å². The summed E-state index contributed by atoms with van der Waals surface area (Å²) in [7, 11) is 0. The Labute approximate surface area is 300 Å². The van der Waals surface area contributed by atoms with Crippen molar-refractivity contribution >= 4 is 37.2 Å². The lowest BCUT2D eigenvalue weighted by Gasteiger charge is -2.13. The van der Waals surface area contributed by atoms with Crippen molar-refractivity contribution in [3.8, 4) is 67.3 Å². The van der Waals surface area contributed by atoms with E-state index >= 15 is 0 Å². The number of hydrogen-bond donors (Lipinski definition) is 0. The van der Waals surface area contributed by atoms with E-state index in [9.17, 15) is 0 Å². The average Bonchev–Trinajstić information content (AvgIpc) is 3.61. The number of benzene rings is 6. The molecule has 0 saturated carbocycles. The molecule has 3 aromatic heterocycles. The standard InChI is InChI=1S/C47H29N3S/c1-48-37-25-23-31(24-26-37)35-27-44(36-29-42(33-15-7-3-8-16-33)49-43(30-36)34-17-9-4-10-18-34)50-45(28-35)41-22-12-21-40-39-20-11-19-38(46(39)51-47(40)41)32-13-5-2-6-14-32/h2-30H. The molecule has 238 valence electrons. The number of rotatable bonds is 6. The lowest BCUT2D eigenvalue weighted by molar-refractivity contribution is 1.29. The van der Waals surface area contributed by atoms with Gasteiger partial charge in [-0.2, -0.15) is 0 Å². The zero-order valence-corrected chi connectivity index (χ0v) is 28.3. The molecule has 0 spiro atoms. The highest BCUT2D eigenvalue weighted by molar-refractivity contribution is 7.26. The lowest BCUT2D eigenvalue weighted by atomic mass is 9.97. The first kappa shape index (κ1) is 30.4. The number of nitrogens with zero attached hydrogens (tertiary/aromatic N) is 3. The third kappa shape index (κ3) is 5.76. The van der Waals surface area contributed by atoms with Gasteiger partial charge < -0.3 is 0 Å². The van der Waals surface area contributed by atoms with Gasteiger partial charge in [-0.05, 0) is 46.5 Å². The van der Waals surface area contributed by atoms with Gasteiger partial charge in [-0.3, -0.25) is 0 Å². The molecule has 9 aromatic rings. The SMILES string of the molecule is [C-]#[N+]c1ccc(-c2cc(-c3cc(-c4ccccc4)nc(-c4ccccc4)c3)nc(-c3cccc4c3sc3c(-c5ccccc5)cccc34)c2)cc1. The van der Waals surface area contributed by atoms with Gasteiger partial charge in [0.1, 0.15) is 0 Å². The first-order valence-electron chi connectivity index (χ1n) is 16.9. The van der Waals surface area contributed by atoms with Gasteiger partial charge in [-0.15, -0.1) is 11.3 Å². The van der Waals surface area contributed by atoms with E-state index in [1.54, 1.807) is 0 Å². The highest BCUT2D eigenvalue weighted by atomic mass is 32.1. The van der Waals surface area contributed by atoms with Crippen LogP contribution in [0.25, 0.3) is 92.3 Å². The predicted octanol–water partition coefficient (Wildman–Crippen LogP) is 13.4. The van der Waals surface area contributed by atoms with Gasteiger partial charge in [0.2, 0.25) is 0 Å². The van der Waals surface area contributed by atoms with E-state index < -0.39 is 0 Å². The van der Waals surface area contributed by atoms with Crippen LogP contribution < -0.4 is 0 Å². The van der Waals surface area contributed by atoms with Crippen LogP contribution in [0.1, 0.15) is 0 Å². The minimum atomic E-state index is 0.617. The van der Waals surface area contributed by atoms with Crippen LogP contribution >= 0.6 is 11.3 Å². The van der Waals surface area contributed by atoms with Crippen LogP contribution in [0.5, 0.6) is 0 Å². The summed E-state index contributed by atoms with van der Waals surface area (Å²) in [5.74, 6) is 0. The fourth-order valence-corrected chi connectivity index (χ4v) is 8.13. The Morgan fingerprint density at radius 3 is 1.43 bits per heavy atom. The molecular weight excluding hydrogens is 639 g/mol. The lowest BCUT2D eigenvalue weighted by Crippen LogP contribution is -1.95. The van der Waals surface area contributed by atoms with Crippen molar-refractivity contribution in [2.75, 3.05) is 0 Å². The summed E-state index contributed by atoms with van der Waals surface area (Å²) in [6.45, 7) is 7.50. The van der Waals surface area contributed by atoms with Gasteiger partial charge in [0.15, 0.2) is 5.69 Å². The predicted molar refractivity (Wildman–Crippen MR) is 214 cm³/mol. The fourth-order valence-electron chi connectivity index (χ4n) is 6.77. The van der Waals surface area contributed by atoms with Crippen molar-refractivity contribution in [2.45, 2.75) is 0 Å². The molecule has 0 atom stereocenters. The van der Waals surface area contributed by atoms with E-state index in [1.807, 2.05) is 72.0 Å². The summed E-state index contributed by atoms with van der Waals surface area (Å²) >= 11 is 1.83. The molecule has 0 saturated heterocycles. The largest absolute Gasteiger partial charge is 0.248 e. The summed E-state index contributed by atoms with van der Waals surface area (Å²) in [4.78, 5) is 14.2. The van der Waals surface area contributed by atoms with Gasteiger partial charge in [-0.25, -0.2) is 14.8 Å². The smallest absolute Gasteiger partial charge is 0.187 e. The molecule has 0 aliphatic carbocycles. The molecule has 0 aliphatic rings. The third-order valence-electron chi connectivity index (χ3n) is 9.30. The van der Waals surface area contributed by atoms with E-state index in [0.29, 0.717) is 5.69 Å². The number of fused-ring (bicyclic) bond motifs is 3. The second-order valence-corrected chi connectivity index (χ2v) is 13.5. The van der Waals surface area contributed by atoms with Gasteiger partial charge in [0, 0.05) is 42.4 Å². The maximum Gasteiger partial charge on any atom is 0.187 e. The zero-order valence-electron chi connectivity index (χ0n) is 27.5. The summed E-state index contributed by atoms with van der Waals surface area (Å²) < 4.78 is 2.48. The van der Waals surface area contributed by atoms with Crippen LogP contribution in [0.2, 0.25) is 0 Å². The molecule has 51 heavy (non-hydrogen) atoms. The van der Waals surface area contributed by atoms with Crippen molar-refractivity contribution < 1.29 is 0 Å². The maximum absolute atomic E-state index is 7.50. The molecule has 9 rings (SSSR count). The quantitative estimate of drug-likeness (QED) is 0.165. The number of thiophene rings is 1. The molecule has 0 fully saturated rings. The van der Waals surface area contributed by atoms with E-state index in [-0.39, 0.29) is 0 Å². The Morgan fingerprint density at radius 1 is 0.373 bits per heavy atom. The molecule has 3 heterocycles. The van der Waals surface area contributed by atoms with E-state index in [0.717, 1.165) is 56.2 Å². The average molecular weight is 668 g/mol. The molecule has 6 aromatic carbocycles. The summed E-state index contributed by atoms with van der Waals surface area (Å²) in [6, 6.07) is 60.9. The second kappa shape index (κ2) is 13.0. The van der Waals surface area contributed by atoms with E-state index in [2.05, 4.69) is 120 Å². The van der Waals surface area contributed by atoms with Gasteiger partial charge in [0.05, 0.1) is 29.3 Å². The van der Waals surface area contributed by atoms with E-state index in [1.165, 1.54) is 31.3 Å². The van der Waals surface area contributed by atoms with E-state index in [4.69, 9.17) is 16.5 Å². The van der Waals surface area contributed by atoms with Crippen molar-refractivity contribution in [3.63, 3.8) is 0 Å². The molecule has 4 heteroatoms. The van der Waals surface area contributed by atoms with Crippen molar-refractivity contribution in [2.24, 2.45) is 0 Å². The van der Waals surface area contributed by atoms with Crippen LogP contribution in [0.3, 0.4) is 0 Å². The van der Waals surface area contributed by atoms with Crippen LogP contribution in [0.4, 0.5) is 5.69 Å². The topological polar surface area (TPSA) is 30.1 Å². The highest BCUT2D eigenvalue weighted by Crippen LogP contribution is 2.44.